The number of allylic oxidation sites excluding steroid dienone is 2. The van der Waals surface area contributed by atoms with Crippen LogP contribution in [-0.2, 0) is 0 Å². The van der Waals surface area contributed by atoms with E-state index in [4.69, 9.17) is 0 Å². The normalized spacial score (nSPS) is 12.4. The average Bonchev–Trinajstić information content (AvgIpc) is 3.15. The van der Waals surface area contributed by atoms with Crippen LogP contribution < -0.4 is 0 Å². The molecular formula is C52H104. The van der Waals surface area contributed by atoms with Gasteiger partial charge in [-0.2, -0.15) is 0 Å². The molecule has 0 saturated carbocycles. The van der Waals surface area contributed by atoms with Gasteiger partial charge in [0, 0.05) is 0 Å². The summed E-state index contributed by atoms with van der Waals surface area (Å²) in [7, 11) is 0. The highest BCUT2D eigenvalue weighted by atomic mass is 14.1. The Morgan fingerprint density at radius 2 is 0.385 bits per heavy atom. The van der Waals surface area contributed by atoms with Crippen molar-refractivity contribution < 1.29 is 0 Å². The summed E-state index contributed by atoms with van der Waals surface area (Å²) in [5.74, 6) is 1.02. The van der Waals surface area contributed by atoms with Crippen LogP contribution in [-0.4, -0.2) is 0 Å². The molecule has 1 unspecified atom stereocenters. The van der Waals surface area contributed by atoms with Crippen molar-refractivity contribution in [1.82, 2.24) is 0 Å². The van der Waals surface area contributed by atoms with Crippen LogP contribution >= 0.6 is 0 Å². The average molecular weight is 729 g/mol. The van der Waals surface area contributed by atoms with Crippen LogP contribution in [0.5, 0.6) is 0 Å². The lowest BCUT2D eigenvalue weighted by atomic mass is 9.89. The lowest BCUT2D eigenvalue weighted by Crippen LogP contribution is -2.01. The Morgan fingerprint density at radius 1 is 0.212 bits per heavy atom. The first-order valence-corrected chi connectivity index (χ1v) is 25.5. The summed E-state index contributed by atoms with van der Waals surface area (Å²) >= 11 is 0. The summed E-state index contributed by atoms with van der Waals surface area (Å²) in [6.45, 7) is 6.95. The van der Waals surface area contributed by atoms with Crippen molar-refractivity contribution in [2.75, 3.05) is 0 Å². The van der Waals surface area contributed by atoms with E-state index in [9.17, 15) is 0 Å². The molecule has 0 rings (SSSR count). The maximum atomic E-state index is 2.48. The van der Waals surface area contributed by atoms with Gasteiger partial charge in [0.1, 0.15) is 0 Å². The summed E-state index contributed by atoms with van der Waals surface area (Å²) in [4.78, 5) is 0. The Kier molecular flexibility index (Phi) is 48.5. The van der Waals surface area contributed by atoms with Gasteiger partial charge in [-0.15, -0.1) is 0 Å². The first kappa shape index (κ1) is 51.7. The van der Waals surface area contributed by atoms with Gasteiger partial charge in [-0.3, -0.25) is 0 Å². The molecule has 0 aliphatic rings. The first-order valence-electron chi connectivity index (χ1n) is 25.5. The van der Waals surface area contributed by atoms with Crippen LogP contribution in [0.25, 0.3) is 0 Å². The zero-order chi connectivity index (χ0) is 37.5. The molecule has 0 aromatic rings. The van der Waals surface area contributed by atoms with Crippen molar-refractivity contribution in [3.05, 3.63) is 12.2 Å². The zero-order valence-electron chi connectivity index (χ0n) is 37.3. The highest BCUT2D eigenvalue weighted by Gasteiger charge is 2.09. The summed E-state index contributed by atoms with van der Waals surface area (Å²) < 4.78 is 0. The molecule has 0 fully saturated rings. The van der Waals surface area contributed by atoms with Crippen LogP contribution in [0.2, 0.25) is 0 Å². The van der Waals surface area contributed by atoms with E-state index < -0.39 is 0 Å². The number of hydrogen-bond acceptors (Lipinski definition) is 0. The minimum absolute atomic E-state index is 1.02. The first-order chi connectivity index (χ1) is 25.8. The molecule has 0 aliphatic carbocycles. The van der Waals surface area contributed by atoms with Crippen molar-refractivity contribution >= 4 is 0 Å². The van der Waals surface area contributed by atoms with Crippen molar-refractivity contribution in [2.45, 2.75) is 316 Å². The van der Waals surface area contributed by atoms with E-state index in [0.717, 1.165) is 5.92 Å². The van der Waals surface area contributed by atoms with Gasteiger partial charge in [0.15, 0.2) is 0 Å². The fourth-order valence-electron chi connectivity index (χ4n) is 8.55. The van der Waals surface area contributed by atoms with E-state index in [2.05, 4.69) is 32.9 Å². The van der Waals surface area contributed by atoms with Gasteiger partial charge in [0.05, 0.1) is 0 Å². The van der Waals surface area contributed by atoms with Crippen molar-refractivity contribution in [3.63, 3.8) is 0 Å². The highest BCUT2D eigenvalue weighted by molar-refractivity contribution is 4.81. The molecule has 0 radical (unpaired) electrons. The van der Waals surface area contributed by atoms with E-state index in [1.54, 1.807) is 0 Å². The standard InChI is InChI=1S/C52H104/c1-4-7-10-13-16-19-22-25-28-30-33-36-39-42-45-48-51-52(49-46-43-40-37-34-31-27-24-21-18-15-12-9-6-3)50-47-44-41-38-35-32-29-26-23-20-17-14-11-8-5-2/h25,28,52H,4-24,26-27,29-51H2,1-3H3. The third-order valence-electron chi connectivity index (χ3n) is 12.3. The van der Waals surface area contributed by atoms with Crippen molar-refractivity contribution in [1.29, 1.82) is 0 Å². The molecule has 0 aliphatic heterocycles. The third kappa shape index (κ3) is 45.9. The van der Waals surface area contributed by atoms with Gasteiger partial charge < -0.3 is 0 Å². The highest BCUT2D eigenvalue weighted by Crippen LogP contribution is 2.25. The Balaban J connectivity index is 3.97. The fraction of sp³-hybridized carbons (Fsp3) is 0.962. The Labute approximate surface area is 333 Å². The molecule has 0 heteroatoms. The van der Waals surface area contributed by atoms with Gasteiger partial charge in [-0.1, -0.05) is 303 Å². The topological polar surface area (TPSA) is 0 Å². The Hall–Kier alpha value is -0.260. The van der Waals surface area contributed by atoms with Gasteiger partial charge in [0.2, 0.25) is 0 Å². The van der Waals surface area contributed by atoms with E-state index in [1.807, 2.05) is 0 Å². The molecule has 0 aromatic heterocycles. The van der Waals surface area contributed by atoms with Crippen molar-refractivity contribution in [3.8, 4) is 0 Å². The number of hydrogen-bond donors (Lipinski definition) is 0. The lowest BCUT2D eigenvalue weighted by Gasteiger charge is -2.17. The molecule has 1 atom stereocenters. The van der Waals surface area contributed by atoms with Crippen LogP contribution in [0.3, 0.4) is 0 Å². The predicted octanol–water partition coefficient (Wildman–Crippen LogP) is 20.2. The van der Waals surface area contributed by atoms with Gasteiger partial charge in [-0.05, 0) is 31.6 Å². The maximum Gasteiger partial charge on any atom is -0.0351 e. The smallest absolute Gasteiger partial charge is 0.0351 e. The Morgan fingerprint density at radius 3 is 0.596 bits per heavy atom. The molecule has 0 bridgehead atoms. The van der Waals surface area contributed by atoms with Crippen LogP contribution in [0.4, 0.5) is 0 Å². The van der Waals surface area contributed by atoms with E-state index in [1.165, 1.54) is 295 Å². The van der Waals surface area contributed by atoms with Gasteiger partial charge in [0.25, 0.3) is 0 Å². The molecule has 0 nitrogen and oxygen atoms in total. The molecule has 0 spiro atoms. The predicted molar refractivity (Wildman–Crippen MR) is 242 cm³/mol. The maximum absolute atomic E-state index is 2.48. The quantitative estimate of drug-likeness (QED) is 0.0432. The van der Waals surface area contributed by atoms with Crippen LogP contribution in [0.15, 0.2) is 12.2 Å². The fourth-order valence-corrected chi connectivity index (χ4v) is 8.55. The van der Waals surface area contributed by atoms with Crippen LogP contribution in [0, 0.1) is 5.92 Å². The van der Waals surface area contributed by atoms with E-state index >= 15 is 0 Å². The molecule has 0 amide bonds. The summed E-state index contributed by atoms with van der Waals surface area (Å²) in [6.07, 6.45) is 72.4. The molecule has 52 heavy (non-hydrogen) atoms. The molecule has 0 saturated heterocycles. The van der Waals surface area contributed by atoms with Gasteiger partial charge in [-0.25, -0.2) is 0 Å². The minimum atomic E-state index is 1.02. The number of unbranched alkanes of at least 4 members (excludes halogenated alkanes) is 39. The van der Waals surface area contributed by atoms with E-state index in [-0.39, 0.29) is 0 Å². The second-order valence-corrected chi connectivity index (χ2v) is 17.7. The number of rotatable bonds is 47. The second-order valence-electron chi connectivity index (χ2n) is 17.7. The van der Waals surface area contributed by atoms with Crippen LogP contribution in [0.1, 0.15) is 316 Å². The second kappa shape index (κ2) is 48.8. The molecule has 0 heterocycles. The SMILES string of the molecule is CCCCCCCCC=CCCCCCCCCC(CCCCCCCCCCCCCCCC)CCCCCCCCCCCCCCCCC. The molecule has 0 N–H and O–H groups in total. The molecule has 0 aromatic carbocycles. The Bertz CT molecular complexity index is 618. The lowest BCUT2D eigenvalue weighted by molar-refractivity contribution is 0.365. The monoisotopic (exact) mass is 729 g/mol. The third-order valence-corrected chi connectivity index (χ3v) is 12.3. The van der Waals surface area contributed by atoms with Crippen molar-refractivity contribution in [2.24, 2.45) is 5.92 Å². The molecular weight excluding hydrogens is 625 g/mol. The summed E-state index contributed by atoms with van der Waals surface area (Å²) in [6, 6.07) is 0. The minimum Gasteiger partial charge on any atom is -0.0885 e. The zero-order valence-corrected chi connectivity index (χ0v) is 37.3. The molecule has 312 valence electrons. The largest absolute Gasteiger partial charge is 0.0885 e. The summed E-state index contributed by atoms with van der Waals surface area (Å²) in [5.41, 5.74) is 0. The summed E-state index contributed by atoms with van der Waals surface area (Å²) in [5, 5.41) is 0. The van der Waals surface area contributed by atoms with Gasteiger partial charge >= 0.3 is 0 Å². The van der Waals surface area contributed by atoms with E-state index in [0.29, 0.717) is 0 Å².